The maximum absolute atomic E-state index is 12.8. The summed E-state index contributed by atoms with van der Waals surface area (Å²) in [6, 6.07) is 17.2. The monoisotopic (exact) mass is 571 g/mol. The van der Waals surface area contributed by atoms with Gasteiger partial charge in [-0.05, 0) is 54.7 Å². The van der Waals surface area contributed by atoms with Crippen molar-refractivity contribution in [3.63, 3.8) is 0 Å². The van der Waals surface area contributed by atoms with Crippen LogP contribution in [0.25, 0.3) is 21.7 Å². The lowest BCUT2D eigenvalue weighted by Gasteiger charge is -2.11. The van der Waals surface area contributed by atoms with E-state index < -0.39 is 11.7 Å². The number of nitrogens with zero attached hydrogens (tertiary/aromatic N) is 1. The zero-order chi connectivity index (χ0) is 25.2. The zero-order valence-electron chi connectivity index (χ0n) is 17.6. The van der Waals surface area contributed by atoms with Crippen molar-refractivity contribution in [1.82, 2.24) is 10.3 Å². The first-order valence-electron chi connectivity index (χ1n) is 10.0. The summed E-state index contributed by atoms with van der Waals surface area (Å²) >= 11 is 25.7. The quantitative estimate of drug-likeness (QED) is 0.234. The van der Waals surface area contributed by atoms with E-state index in [1.54, 1.807) is 18.2 Å². The van der Waals surface area contributed by atoms with Gasteiger partial charge in [-0.2, -0.15) is 13.2 Å². The maximum atomic E-state index is 12.8. The van der Waals surface area contributed by atoms with Crippen LogP contribution < -0.4 is 10.6 Å². The molecule has 1 aromatic heterocycles. The molecule has 0 saturated carbocycles. The van der Waals surface area contributed by atoms with Gasteiger partial charge in [0.05, 0.1) is 32.7 Å². The van der Waals surface area contributed by atoms with Crippen LogP contribution in [0.15, 0.2) is 66.7 Å². The first-order valence-corrected chi connectivity index (χ1v) is 12.4. The highest BCUT2D eigenvalue weighted by Gasteiger charge is 2.30. The molecule has 0 aliphatic heterocycles. The van der Waals surface area contributed by atoms with E-state index in [9.17, 15) is 13.2 Å². The second-order valence-corrected chi connectivity index (χ2v) is 10.0. The van der Waals surface area contributed by atoms with Crippen LogP contribution in [-0.4, -0.2) is 10.1 Å². The number of hydrogen-bond acceptors (Lipinski definition) is 3. The molecule has 35 heavy (non-hydrogen) atoms. The molecule has 0 unspecified atom stereocenters. The lowest BCUT2D eigenvalue weighted by atomic mass is 10.1. The van der Waals surface area contributed by atoms with E-state index in [1.807, 2.05) is 24.3 Å². The Labute approximate surface area is 223 Å². The Morgan fingerprint density at radius 1 is 0.914 bits per heavy atom. The molecule has 0 bridgehead atoms. The number of thiocarbonyl (C=S) groups is 1. The third kappa shape index (κ3) is 6.26. The minimum absolute atomic E-state index is 0.241. The van der Waals surface area contributed by atoms with E-state index in [1.165, 1.54) is 23.5 Å². The van der Waals surface area contributed by atoms with Crippen LogP contribution >= 0.6 is 58.4 Å². The van der Waals surface area contributed by atoms with E-state index in [2.05, 4.69) is 10.6 Å². The van der Waals surface area contributed by atoms with Crippen LogP contribution in [-0.2, 0) is 12.7 Å². The Morgan fingerprint density at radius 3 is 2.29 bits per heavy atom. The lowest BCUT2D eigenvalue weighted by Crippen LogP contribution is -2.27. The predicted molar refractivity (Wildman–Crippen MR) is 143 cm³/mol. The fourth-order valence-corrected chi connectivity index (χ4v) is 5.24. The van der Waals surface area contributed by atoms with E-state index in [0.29, 0.717) is 31.5 Å². The van der Waals surface area contributed by atoms with Crippen LogP contribution in [0.1, 0.15) is 10.6 Å². The topological polar surface area (TPSA) is 37.0 Å². The number of aromatic nitrogens is 1. The van der Waals surface area contributed by atoms with Gasteiger partial charge in [-0.15, -0.1) is 11.3 Å². The molecule has 0 amide bonds. The van der Waals surface area contributed by atoms with Crippen molar-refractivity contribution in [3.05, 3.63) is 92.4 Å². The molecule has 0 saturated heterocycles. The summed E-state index contributed by atoms with van der Waals surface area (Å²) in [5.74, 6) is 0. The third-order valence-corrected chi connectivity index (χ3v) is 7.06. The van der Waals surface area contributed by atoms with Crippen molar-refractivity contribution in [2.75, 3.05) is 5.32 Å². The van der Waals surface area contributed by atoms with Gasteiger partial charge in [0.25, 0.3) is 0 Å². The number of anilines is 1. The SMILES string of the molecule is FC(F)(F)c1ccc(NC(=S)NCc2nc(-c3ccccc3Cl)c(-c3ccc(Cl)cc3Cl)s2)cc1. The smallest absolute Gasteiger partial charge is 0.356 e. The first kappa shape index (κ1) is 25.7. The van der Waals surface area contributed by atoms with E-state index in [-0.39, 0.29) is 11.7 Å². The molecule has 2 N–H and O–H groups in total. The van der Waals surface area contributed by atoms with E-state index >= 15 is 0 Å². The first-order chi connectivity index (χ1) is 16.6. The number of benzene rings is 3. The zero-order valence-corrected chi connectivity index (χ0v) is 21.5. The molecule has 0 aliphatic carbocycles. The van der Waals surface area contributed by atoms with Gasteiger partial charge in [-0.1, -0.05) is 59.1 Å². The largest absolute Gasteiger partial charge is 0.416 e. The average molecular weight is 573 g/mol. The van der Waals surface area contributed by atoms with Gasteiger partial charge < -0.3 is 10.6 Å². The molecular formula is C24H15Cl3F3N3S2. The van der Waals surface area contributed by atoms with Crippen molar-refractivity contribution < 1.29 is 13.2 Å². The van der Waals surface area contributed by atoms with Gasteiger partial charge in [-0.25, -0.2) is 4.98 Å². The van der Waals surface area contributed by atoms with Crippen molar-refractivity contribution in [3.8, 4) is 21.7 Å². The number of hydrogen-bond donors (Lipinski definition) is 2. The standard InChI is InChI=1S/C24H15Cl3F3N3S2/c25-14-7-10-17(19(27)11-14)22-21(16-3-1-2-4-18(16)26)33-20(35-22)12-31-23(34)32-15-8-5-13(6-9-15)24(28,29)30/h1-11H,12H2,(H2,31,32,34). The molecule has 3 aromatic carbocycles. The van der Waals surface area contributed by atoms with Gasteiger partial charge in [0.2, 0.25) is 0 Å². The summed E-state index contributed by atoms with van der Waals surface area (Å²) in [6.45, 7) is 0.278. The van der Waals surface area contributed by atoms with Crippen LogP contribution in [0.4, 0.5) is 18.9 Å². The molecule has 0 spiro atoms. The molecule has 4 aromatic rings. The van der Waals surface area contributed by atoms with Crippen molar-refractivity contribution >= 4 is 69.2 Å². The van der Waals surface area contributed by atoms with Gasteiger partial charge in [-0.3, -0.25) is 0 Å². The minimum Gasteiger partial charge on any atom is -0.356 e. The molecule has 0 fully saturated rings. The Bertz CT molecular complexity index is 1370. The maximum Gasteiger partial charge on any atom is 0.416 e. The Balaban J connectivity index is 1.55. The fourth-order valence-electron chi connectivity index (χ4n) is 3.21. The molecular weight excluding hydrogens is 558 g/mol. The lowest BCUT2D eigenvalue weighted by molar-refractivity contribution is -0.137. The molecule has 11 heteroatoms. The van der Waals surface area contributed by atoms with Crippen LogP contribution in [0.3, 0.4) is 0 Å². The minimum atomic E-state index is -4.40. The van der Waals surface area contributed by atoms with E-state index in [4.69, 9.17) is 52.0 Å². The highest BCUT2D eigenvalue weighted by atomic mass is 35.5. The normalized spacial score (nSPS) is 11.4. The number of alkyl halides is 3. The highest BCUT2D eigenvalue weighted by Crippen LogP contribution is 2.42. The molecule has 0 atom stereocenters. The molecule has 0 aliphatic rings. The van der Waals surface area contributed by atoms with Crippen molar-refractivity contribution in [1.29, 1.82) is 0 Å². The van der Waals surface area contributed by atoms with Crippen LogP contribution in [0.2, 0.25) is 15.1 Å². The Hall–Kier alpha value is -2.36. The summed E-state index contributed by atoms with van der Waals surface area (Å²) in [7, 11) is 0. The van der Waals surface area contributed by atoms with Gasteiger partial charge in [0, 0.05) is 21.8 Å². The Kier molecular flexibility index (Phi) is 7.88. The van der Waals surface area contributed by atoms with Crippen molar-refractivity contribution in [2.24, 2.45) is 0 Å². The molecule has 4 rings (SSSR count). The van der Waals surface area contributed by atoms with Crippen LogP contribution in [0.5, 0.6) is 0 Å². The summed E-state index contributed by atoms with van der Waals surface area (Å²) in [5.41, 5.74) is 1.89. The number of thiazole rings is 1. The van der Waals surface area contributed by atoms with E-state index in [0.717, 1.165) is 28.1 Å². The number of halogens is 6. The fraction of sp³-hybridized carbons (Fsp3) is 0.0833. The number of rotatable bonds is 5. The third-order valence-electron chi connectivity index (χ3n) is 4.85. The molecule has 180 valence electrons. The van der Waals surface area contributed by atoms with Crippen molar-refractivity contribution in [2.45, 2.75) is 12.7 Å². The summed E-state index contributed by atoms with van der Waals surface area (Å²) in [4.78, 5) is 5.58. The summed E-state index contributed by atoms with van der Waals surface area (Å²) < 4.78 is 38.3. The molecule has 3 nitrogen and oxygen atoms in total. The van der Waals surface area contributed by atoms with Crippen LogP contribution in [0, 0.1) is 0 Å². The highest BCUT2D eigenvalue weighted by molar-refractivity contribution is 7.80. The molecule has 0 radical (unpaired) electrons. The average Bonchev–Trinajstić information content (AvgIpc) is 3.21. The summed E-state index contributed by atoms with van der Waals surface area (Å²) in [6.07, 6.45) is -4.40. The van der Waals surface area contributed by atoms with Gasteiger partial charge in [0.15, 0.2) is 5.11 Å². The second-order valence-electron chi connectivity index (χ2n) is 7.27. The summed E-state index contributed by atoms with van der Waals surface area (Å²) in [5, 5.41) is 8.40. The van der Waals surface area contributed by atoms with Gasteiger partial charge in [0.1, 0.15) is 5.01 Å². The second kappa shape index (κ2) is 10.7. The number of nitrogens with one attached hydrogen (secondary N) is 2. The Morgan fingerprint density at radius 2 is 1.63 bits per heavy atom. The molecule has 1 heterocycles. The predicted octanol–water partition coefficient (Wildman–Crippen LogP) is 8.94. The van der Waals surface area contributed by atoms with Gasteiger partial charge >= 0.3 is 6.18 Å².